The fourth-order valence-electron chi connectivity index (χ4n) is 3.91. The van der Waals surface area contributed by atoms with E-state index in [0.717, 1.165) is 22.9 Å². The minimum absolute atomic E-state index is 0.276. The van der Waals surface area contributed by atoms with Gasteiger partial charge in [-0.2, -0.15) is 0 Å². The predicted molar refractivity (Wildman–Crippen MR) is 81.2 cm³/mol. The fraction of sp³-hybridized carbons (Fsp3) is 0.688. The maximum absolute atomic E-state index is 12.7. The van der Waals surface area contributed by atoms with Gasteiger partial charge in [-0.15, -0.1) is 11.3 Å². The van der Waals surface area contributed by atoms with Gasteiger partial charge in [0.25, 0.3) is 5.91 Å². The Balaban J connectivity index is 1.48. The number of hydrogen-bond acceptors (Lipinski definition) is 3. The Labute approximate surface area is 124 Å². The van der Waals surface area contributed by atoms with Crippen LogP contribution in [0.5, 0.6) is 0 Å². The second-order valence-corrected chi connectivity index (χ2v) is 7.50. The van der Waals surface area contributed by atoms with Crippen molar-refractivity contribution in [2.75, 3.05) is 19.6 Å². The summed E-state index contributed by atoms with van der Waals surface area (Å²) in [5, 5.41) is 2.03. The highest BCUT2D eigenvalue weighted by molar-refractivity contribution is 7.12. The van der Waals surface area contributed by atoms with Crippen LogP contribution in [0, 0.1) is 12.8 Å². The van der Waals surface area contributed by atoms with E-state index in [2.05, 4.69) is 15.9 Å². The topological polar surface area (TPSA) is 23.6 Å². The summed E-state index contributed by atoms with van der Waals surface area (Å²) in [5.74, 6) is 1.23. The molecule has 0 unspecified atom stereocenters. The highest BCUT2D eigenvalue weighted by Gasteiger charge is 2.45. The summed E-state index contributed by atoms with van der Waals surface area (Å²) in [6.45, 7) is 5.47. The van der Waals surface area contributed by atoms with Crippen molar-refractivity contribution in [3.63, 3.8) is 0 Å². The molecule has 2 saturated heterocycles. The Hall–Kier alpha value is -0.870. The van der Waals surface area contributed by atoms with Crippen molar-refractivity contribution in [3.05, 3.63) is 21.9 Å². The lowest BCUT2D eigenvalue weighted by Crippen LogP contribution is -2.40. The average Bonchev–Trinajstić information content (AvgIpc) is 2.85. The van der Waals surface area contributed by atoms with Crippen molar-refractivity contribution >= 4 is 17.2 Å². The fourth-order valence-corrected chi connectivity index (χ4v) is 4.79. The normalized spacial score (nSPS) is 29.9. The molecule has 1 saturated carbocycles. The number of nitrogens with zero attached hydrogens (tertiary/aromatic N) is 2. The van der Waals surface area contributed by atoms with Crippen LogP contribution in [0.2, 0.25) is 0 Å². The predicted octanol–water partition coefficient (Wildman–Crippen LogP) is 2.76. The number of fused-ring (bicyclic) bond motifs is 1. The van der Waals surface area contributed by atoms with E-state index in [1.807, 2.05) is 12.3 Å². The molecule has 2 atom stereocenters. The first kappa shape index (κ1) is 12.8. The van der Waals surface area contributed by atoms with Gasteiger partial charge in [-0.1, -0.05) is 0 Å². The van der Waals surface area contributed by atoms with E-state index < -0.39 is 0 Å². The molecule has 0 radical (unpaired) electrons. The van der Waals surface area contributed by atoms with Crippen LogP contribution in [0.25, 0.3) is 0 Å². The summed E-state index contributed by atoms with van der Waals surface area (Å²) in [5.41, 5.74) is 1.14. The zero-order valence-corrected chi connectivity index (χ0v) is 12.9. The molecule has 0 bridgehead atoms. The van der Waals surface area contributed by atoms with E-state index in [9.17, 15) is 4.79 Å². The highest BCUT2D eigenvalue weighted by atomic mass is 32.1. The summed E-state index contributed by atoms with van der Waals surface area (Å²) >= 11 is 1.60. The minimum Gasteiger partial charge on any atom is -0.333 e. The van der Waals surface area contributed by atoms with E-state index in [4.69, 9.17) is 0 Å². The molecule has 1 aromatic rings. The van der Waals surface area contributed by atoms with Crippen molar-refractivity contribution in [2.24, 2.45) is 5.92 Å². The van der Waals surface area contributed by atoms with Crippen LogP contribution in [0.15, 0.2) is 11.4 Å². The van der Waals surface area contributed by atoms with Crippen LogP contribution in [-0.4, -0.2) is 47.4 Å². The maximum Gasteiger partial charge on any atom is 0.264 e. The van der Waals surface area contributed by atoms with Crippen molar-refractivity contribution in [2.45, 2.75) is 44.7 Å². The lowest BCUT2D eigenvalue weighted by molar-refractivity contribution is 0.0736. The number of carbonyl (C=O) groups excluding carboxylic acids is 1. The smallest absolute Gasteiger partial charge is 0.264 e. The Kier molecular flexibility index (Phi) is 3.11. The Bertz CT molecular complexity index is 522. The first-order valence-electron chi connectivity index (χ1n) is 7.83. The summed E-state index contributed by atoms with van der Waals surface area (Å²) in [4.78, 5) is 18.5. The molecule has 20 heavy (non-hydrogen) atoms. The van der Waals surface area contributed by atoms with Gasteiger partial charge in [0, 0.05) is 31.7 Å². The van der Waals surface area contributed by atoms with Gasteiger partial charge in [0.2, 0.25) is 0 Å². The zero-order valence-electron chi connectivity index (χ0n) is 12.0. The van der Waals surface area contributed by atoms with Crippen molar-refractivity contribution in [1.82, 2.24) is 9.80 Å². The number of thiophene rings is 1. The van der Waals surface area contributed by atoms with Gasteiger partial charge in [0.15, 0.2) is 0 Å². The SMILES string of the molecule is Cc1ccsc1C(=O)N1CC[C@@H]2[C@@H]1CCN2CC1CC1. The maximum atomic E-state index is 12.7. The van der Waals surface area contributed by atoms with Gasteiger partial charge < -0.3 is 4.90 Å². The lowest BCUT2D eigenvalue weighted by atomic mass is 10.1. The quantitative estimate of drug-likeness (QED) is 0.854. The molecule has 4 heteroatoms. The van der Waals surface area contributed by atoms with E-state index in [0.29, 0.717) is 12.1 Å². The third-order valence-corrected chi connectivity index (χ3v) is 6.20. The molecule has 0 aromatic carbocycles. The monoisotopic (exact) mass is 290 g/mol. The number of amides is 1. The Morgan fingerprint density at radius 1 is 1.25 bits per heavy atom. The summed E-state index contributed by atoms with van der Waals surface area (Å²) in [6.07, 6.45) is 5.19. The van der Waals surface area contributed by atoms with Crippen LogP contribution < -0.4 is 0 Å². The molecule has 1 aromatic heterocycles. The van der Waals surface area contributed by atoms with Gasteiger partial charge in [0.1, 0.15) is 0 Å². The molecule has 108 valence electrons. The minimum atomic E-state index is 0.276. The standard InChI is InChI=1S/C16H22N2OS/c1-11-6-9-20-15(11)16(19)18-8-5-13-14(18)4-7-17(13)10-12-2-3-12/h6,9,12-14H,2-5,7-8,10H2,1H3/t13-,14+/m1/s1. The van der Waals surface area contributed by atoms with E-state index in [1.54, 1.807) is 11.3 Å². The van der Waals surface area contributed by atoms with Crippen LogP contribution in [0.3, 0.4) is 0 Å². The highest BCUT2D eigenvalue weighted by Crippen LogP contribution is 2.37. The van der Waals surface area contributed by atoms with Crippen molar-refractivity contribution in [3.8, 4) is 0 Å². The van der Waals surface area contributed by atoms with Crippen LogP contribution in [0.1, 0.15) is 40.9 Å². The third-order valence-electron chi connectivity index (χ3n) is 5.20. The van der Waals surface area contributed by atoms with E-state index in [-0.39, 0.29) is 5.91 Å². The first-order valence-corrected chi connectivity index (χ1v) is 8.71. The largest absolute Gasteiger partial charge is 0.333 e. The Morgan fingerprint density at radius 2 is 2.05 bits per heavy atom. The number of aryl methyl sites for hydroxylation is 1. The van der Waals surface area contributed by atoms with Crippen LogP contribution in [0.4, 0.5) is 0 Å². The van der Waals surface area contributed by atoms with Gasteiger partial charge in [-0.05, 0) is 55.5 Å². The third kappa shape index (κ3) is 2.09. The van der Waals surface area contributed by atoms with Crippen LogP contribution in [-0.2, 0) is 0 Å². The molecular weight excluding hydrogens is 268 g/mol. The van der Waals surface area contributed by atoms with Gasteiger partial charge in [-0.3, -0.25) is 9.69 Å². The van der Waals surface area contributed by atoms with E-state index >= 15 is 0 Å². The van der Waals surface area contributed by atoms with E-state index in [1.165, 1.54) is 38.8 Å². The molecule has 0 spiro atoms. The number of hydrogen-bond donors (Lipinski definition) is 0. The molecule has 4 rings (SSSR count). The van der Waals surface area contributed by atoms with Crippen molar-refractivity contribution in [1.29, 1.82) is 0 Å². The second-order valence-electron chi connectivity index (χ2n) is 6.58. The summed E-state index contributed by atoms with van der Waals surface area (Å²) in [6, 6.07) is 3.17. The second kappa shape index (κ2) is 4.85. The molecule has 3 heterocycles. The lowest BCUT2D eigenvalue weighted by Gasteiger charge is -2.25. The summed E-state index contributed by atoms with van der Waals surface area (Å²) in [7, 11) is 0. The molecular formula is C16H22N2OS. The first-order chi connectivity index (χ1) is 9.74. The van der Waals surface area contributed by atoms with Gasteiger partial charge in [0.05, 0.1) is 4.88 Å². The molecule has 3 fully saturated rings. The summed E-state index contributed by atoms with van der Waals surface area (Å²) < 4.78 is 0. The zero-order chi connectivity index (χ0) is 13.7. The molecule has 1 aliphatic carbocycles. The molecule has 0 N–H and O–H groups in total. The van der Waals surface area contributed by atoms with Gasteiger partial charge in [-0.25, -0.2) is 0 Å². The molecule has 1 amide bonds. The Morgan fingerprint density at radius 3 is 2.75 bits per heavy atom. The van der Waals surface area contributed by atoms with Crippen molar-refractivity contribution < 1.29 is 4.79 Å². The molecule has 2 aliphatic heterocycles. The molecule has 3 aliphatic rings. The average molecular weight is 290 g/mol. The molecule has 3 nitrogen and oxygen atoms in total. The number of carbonyl (C=O) groups is 1. The van der Waals surface area contributed by atoms with Gasteiger partial charge >= 0.3 is 0 Å². The van der Waals surface area contributed by atoms with Crippen LogP contribution >= 0.6 is 11.3 Å². The number of rotatable bonds is 3. The number of likely N-dealkylation sites (tertiary alicyclic amines) is 2.